The molecule has 0 bridgehead atoms. The Morgan fingerprint density at radius 3 is 2.35 bits per heavy atom. The Labute approximate surface area is 141 Å². The van der Waals surface area contributed by atoms with Crippen LogP contribution in [-0.4, -0.2) is 55.4 Å². The van der Waals surface area contributed by atoms with Crippen LogP contribution in [0, 0.1) is 0 Å². The molecule has 1 aliphatic heterocycles. The molecule has 2 rings (SSSR count). The van der Waals surface area contributed by atoms with Crippen molar-refractivity contribution in [1.82, 2.24) is 10.2 Å². The smallest absolute Gasteiger partial charge is 0.0574 e. The van der Waals surface area contributed by atoms with E-state index in [4.69, 9.17) is 0 Å². The molecule has 0 saturated carbocycles. The molecule has 1 fully saturated rings. The van der Waals surface area contributed by atoms with Crippen molar-refractivity contribution >= 4 is 5.69 Å². The first-order valence-corrected chi connectivity index (χ1v) is 8.94. The lowest BCUT2D eigenvalue weighted by atomic mass is 10.0. The zero-order valence-corrected chi connectivity index (χ0v) is 15.1. The number of hydrogen-bond donors (Lipinski definition) is 2. The van der Waals surface area contributed by atoms with Crippen molar-refractivity contribution < 1.29 is 5.11 Å². The topological polar surface area (TPSA) is 38.7 Å². The molecule has 0 radical (unpaired) electrons. The van der Waals surface area contributed by atoms with Crippen LogP contribution in [0.25, 0.3) is 0 Å². The molecule has 0 aliphatic carbocycles. The van der Waals surface area contributed by atoms with Gasteiger partial charge < -0.3 is 20.2 Å². The van der Waals surface area contributed by atoms with Gasteiger partial charge in [0.05, 0.1) is 6.10 Å². The van der Waals surface area contributed by atoms with E-state index in [0.29, 0.717) is 12.1 Å². The Balaban J connectivity index is 1.81. The maximum Gasteiger partial charge on any atom is 0.0574 e. The molecular weight excluding hydrogens is 286 g/mol. The first-order chi connectivity index (χ1) is 11.0. The van der Waals surface area contributed by atoms with E-state index in [9.17, 15) is 5.11 Å². The second-order valence-corrected chi connectivity index (χ2v) is 7.06. The van der Waals surface area contributed by atoms with Gasteiger partial charge in [-0.2, -0.15) is 0 Å². The normalized spacial score (nSPS) is 18.0. The van der Waals surface area contributed by atoms with E-state index in [1.165, 1.54) is 11.3 Å². The fourth-order valence-electron chi connectivity index (χ4n) is 2.93. The van der Waals surface area contributed by atoms with Crippen molar-refractivity contribution in [2.45, 2.75) is 51.8 Å². The van der Waals surface area contributed by atoms with Gasteiger partial charge in [-0.05, 0) is 58.4 Å². The van der Waals surface area contributed by atoms with Gasteiger partial charge in [-0.3, -0.25) is 0 Å². The minimum Gasteiger partial charge on any atom is -0.393 e. The van der Waals surface area contributed by atoms with Gasteiger partial charge in [0.15, 0.2) is 0 Å². The van der Waals surface area contributed by atoms with Crippen molar-refractivity contribution in [3.8, 4) is 0 Å². The maximum atomic E-state index is 9.61. The highest BCUT2D eigenvalue weighted by Gasteiger charge is 2.17. The van der Waals surface area contributed by atoms with Gasteiger partial charge in [0.1, 0.15) is 0 Å². The quantitative estimate of drug-likeness (QED) is 0.810. The van der Waals surface area contributed by atoms with Crippen LogP contribution in [0.4, 0.5) is 5.69 Å². The van der Waals surface area contributed by atoms with E-state index in [0.717, 1.165) is 39.0 Å². The Morgan fingerprint density at radius 2 is 1.78 bits per heavy atom. The monoisotopic (exact) mass is 319 g/mol. The highest BCUT2D eigenvalue weighted by Crippen LogP contribution is 2.22. The lowest BCUT2D eigenvalue weighted by Gasteiger charge is -2.31. The van der Waals surface area contributed by atoms with Crippen LogP contribution in [0.3, 0.4) is 0 Å². The Morgan fingerprint density at radius 1 is 1.17 bits per heavy atom. The third-order valence-corrected chi connectivity index (χ3v) is 5.02. The number of nitrogens with one attached hydrogen (secondary N) is 1. The number of likely N-dealkylation sites (N-methyl/N-ethyl adjacent to an activating group) is 1. The highest BCUT2D eigenvalue weighted by molar-refractivity contribution is 5.48. The van der Waals surface area contributed by atoms with E-state index in [2.05, 4.69) is 67.2 Å². The second-order valence-electron chi connectivity index (χ2n) is 7.06. The number of hydrogen-bond acceptors (Lipinski definition) is 4. The second kappa shape index (κ2) is 8.67. The number of anilines is 1. The standard InChI is InChI=1S/C19H33N3O/c1-15(2)21(4)14-11-20-16(3)17-5-7-18(8-6-17)22-12-9-19(23)10-13-22/h5-8,15-16,19-20,23H,9-14H2,1-4H3. The van der Waals surface area contributed by atoms with Crippen LogP contribution in [0.5, 0.6) is 0 Å². The maximum absolute atomic E-state index is 9.61. The molecule has 1 saturated heterocycles. The predicted octanol–water partition coefficient (Wildman–Crippen LogP) is 2.64. The van der Waals surface area contributed by atoms with Crippen LogP contribution in [0.1, 0.15) is 45.2 Å². The van der Waals surface area contributed by atoms with Gasteiger partial charge in [-0.25, -0.2) is 0 Å². The lowest BCUT2D eigenvalue weighted by molar-refractivity contribution is 0.145. The van der Waals surface area contributed by atoms with Gasteiger partial charge in [0.25, 0.3) is 0 Å². The molecule has 4 nitrogen and oxygen atoms in total. The zero-order valence-electron chi connectivity index (χ0n) is 15.1. The fourth-order valence-corrected chi connectivity index (χ4v) is 2.93. The van der Waals surface area contributed by atoms with Gasteiger partial charge in [0.2, 0.25) is 0 Å². The summed E-state index contributed by atoms with van der Waals surface area (Å²) < 4.78 is 0. The third-order valence-electron chi connectivity index (χ3n) is 5.02. The highest BCUT2D eigenvalue weighted by atomic mass is 16.3. The summed E-state index contributed by atoms with van der Waals surface area (Å²) in [4.78, 5) is 4.72. The van der Waals surface area contributed by atoms with Crippen molar-refractivity contribution in [2.75, 3.05) is 38.1 Å². The Bertz CT molecular complexity index is 452. The van der Waals surface area contributed by atoms with E-state index in [1.54, 1.807) is 0 Å². The molecule has 4 heteroatoms. The Hall–Kier alpha value is -1.10. The summed E-state index contributed by atoms with van der Waals surface area (Å²) in [5, 5.41) is 13.2. The number of nitrogens with zero attached hydrogens (tertiary/aromatic N) is 2. The third kappa shape index (κ3) is 5.48. The van der Waals surface area contributed by atoms with Gasteiger partial charge in [-0.1, -0.05) is 12.1 Å². The van der Waals surface area contributed by atoms with E-state index >= 15 is 0 Å². The van der Waals surface area contributed by atoms with Crippen LogP contribution in [-0.2, 0) is 0 Å². The van der Waals surface area contributed by atoms with Crippen LogP contribution >= 0.6 is 0 Å². The van der Waals surface area contributed by atoms with Crippen LogP contribution in [0.2, 0.25) is 0 Å². The average Bonchev–Trinajstić information content (AvgIpc) is 2.55. The molecule has 23 heavy (non-hydrogen) atoms. The molecule has 1 atom stereocenters. The minimum absolute atomic E-state index is 0.112. The van der Waals surface area contributed by atoms with Crippen LogP contribution < -0.4 is 10.2 Å². The SMILES string of the molecule is CC(NCCN(C)C(C)C)c1ccc(N2CCC(O)CC2)cc1. The number of piperidine rings is 1. The van der Waals surface area contributed by atoms with E-state index in [-0.39, 0.29) is 6.10 Å². The lowest BCUT2D eigenvalue weighted by Crippen LogP contribution is -2.35. The van der Waals surface area contributed by atoms with Crippen LogP contribution in [0.15, 0.2) is 24.3 Å². The summed E-state index contributed by atoms with van der Waals surface area (Å²) in [6.07, 6.45) is 1.64. The molecule has 2 N–H and O–H groups in total. The van der Waals surface area contributed by atoms with Gasteiger partial charge in [-0.15, -0.1) is 0 Å². The number of benzene rings is 1. The number of aliphatic hydroxyl groups is 1. The first kappa shape index (κ1) is 18.2. The molecule has 130 valence electrons. The number of rotatable bonds is 7. The predicted molar refractivity (Wildman–Crippen MR) is 98.1 cm³/mol. The molecule has 1 heterocycles. The van der Waals surface area contributed by atoms with Gasteiger partial charge in [0, 0.05) is 44.0 Å². The Kier molecular flexibility index (Phi) is 6.88. The van der Waals surface area contributed by atoms with E-state index < -0.39 is 0 Å². The number of aliphatic hydroxyl groups excluding tert-OH is 1. The average molecular weight is 319 g/mol. The molecular formula is C19H33N3O. The zero-order chi connectivity index (χ0) is 16.8. The summed E-state index contributed by atoms with van der Waals surface area (Å²) in [6, 6.07) is 9.84. The first-order valence-electron chi connectivity index (χ1n) is 8.94. The molecule has 1 aliphatic rings. The minimum atomic E-state index is -0.112. The summed E-state index contributed by atoms with van der Waals surface area (Å²) in [7, 11) is 2.17. The fraction of sp³-hybridized carbons (Fsp3) is 0.684. The molecule has 0 aromatic heterocycles. The largest absolute Gasteiger partial charge is 0.393 e. The summed E-state index contributed by atoms with van der Waals surface area (Å²) in [5.41, 5.74) is 2.60. The molecule has 1 aromatic rings. The van der Waals surface area contributed by atoms with Crippen molar-refractivity contribution in [1.29, 1.82) is 0 Å². The molecule has 1 unspecified atom stereocenters. The van der Waals surface area contributed by atoms with Crippen molar-refractivity contribution in [3.63, 3.8) is 0 Å². The molecule has 1 aromatic carbocycles. The van der Waals surface area contributed by atoms with E-state index in [1.807, 2.05) is 0 Å². The van der Waals surface area contributed by atoms with Gasteiger partial charge >= 0.3 is 0 Å². The molecule has 0 amide bonds. The van der Waals surface area contributed by atoms with Crippen molar-refractivity contribution in [3.05, 3.63) is 29.8 Å². The van der Waals surface area contributed by atoms with Crippen molar-refractivity contribution in [2.24, 2.45) is 0 Å². The summed E-state index contributed by atoms with van der Waals surface area (Å²) in [6.45, 7) is 10.6. The summed E-state index contributed by atoms with van der Waals surface area (Å²) >= 11 is 0. The molecule has 0 spiro atoms. The summed E-state index contributed by atoms with van der Waals surface area (Å²) in [5.74, 6) is 0.